The Morgan fingerprint density at radius 2 is 2.00 bits per heavy atom. The minimum atomic E-state index is -0.414. The summed E-state index contributed by atoms with van der Waals surface area (Å²) in [5, 5.41) is 13.0. The first kappa shape index (κ1) is 16.6. The van der Waals surface area contributed by atoms with E-state index in [2.05, 4.69) is 10.1 Å². The Hall–Kier alpha value is -2.90. The highest BCUT2D eigenvalue weighted by atomic mass is 16.6. The molecule has 0 spiro atoms. The molecular formula is C19H19N3O4. The zero-order chi connectivity index (χ0) is 17.9. The van der Waals surface area contributed by atoms with Gasteiger partial charge in [-0.15, -0.1) is 0 Å². The Morgan fingerprint density at radius 3 is 2.85 bits per heavy atom. The summed E-state index contributed by atoms with van der Waals surface area (Å²) in [6.07, 6.45) is 0.124. The lowest BCUT2D eigenvalue weighted by Crippen LogP contribution is -2.26. The topological polar surface area (TPSA) is 104 Å². The van der Waals surface area contributed by atoms with Crippen molar-refractivity contribution < 1.29 is 19.1 Å². The molecule has 2 atom stereocenters. The van der Waals surface area contributed by atoms with Crippen LogP contribution in [0.3, 0.4) is 0 Å². The molecule has 0 bridgehead atoms. The summed E-state index contributed by atoms with van der Waals surface area (Å²) in [6.45, 7) is 0.303. The fraction of sp³-hybridized carbons (Fsp3) is 0.263. The molecule has 0 fully saturated rings. The van der Waals surface area contributed by atoms with Crippen molar-refractivity contribution in [2.75, 3.05) is 13.2 Å². The molecule has 0 saturated heterocycles. The molecule has 3 aromatic rings. The van der Waals surface area contributed by atoms with Gasteiger partial charge in [-0.25, -0.2) is 0 Å². The quantitative estimate of drug-likeness (QED) is 0.724. The second-order valence-electron chi connectivity index (χ2n) is 6.15. The number of hydrogen-bond acceptors (Lipinski definition) is 7. The Morgan fingerprint density at radius 1 is 1.15 bits per heavy atom. The van der Waals surface area contributed by atoms with Gasteiger partial charge in [0, 0.05) is 18.0 Å². The van der Waals surface area contributed by atoms with Crippen molar-refractivity contribution in [3.8, 4) is 22.9 Å². The molecule has 7 nitrogen and oxygen atoms in total. The van der Waals surface area contributed by atoms with Gasteiger partial charge >= 0.3 is 0 Å². The molecule has 7 heteroatoms. The van der Waals surface area contributed by atoms with Crippen molar-refractivity contribution in [3.05, 3.63) is 60.0 Å². The largest absolute Gasteiger partial charge is 0.485 e. The van der Waals surface area contributed by atoms with Gasteiger partial charge in [-0.1, -0.05) is 35.5 Å². The molecule has 2 aromatic carbocycles. The summed E-state index contributed by atoms with van der Waals surface area (Å²) in [5.74, 6) is 2.36. The first-order valence-corrected chi connectivity index (χ1v) is 8.41. The average molecular weight is 353 g/mol. The van der Waals surface area contributed by atoms with E-state index in [1.807, 2.05) is 48.5 Å². The van der Waals surface area contributed by atoms with Crippen LogP contribution in [0.4, 0.5) is 0 Å². The Bertz CT molecular complexity index is 896. The average Bonchev–Trinajstić information content (AvgIpc) is 3.16. The Kier molecular flexibility index (Phi) is 4.55. The lowest BCUT2D eigenvalue weighted by molar-refractivity contribution is 0.0913. The zero-order valence-electron chi connectivity index (χ0n) is 14.0. The number of fused-ring (bicyclic) bond motifs is 1. The Balaban J connectivity index is 1.54. The van der Waals surface area contributed by atoms with Gasteiger partial charge in [-0.05, 0) is 23.8 Å². The highest BCUT2D eigenvalue weighted by molar-refractivity contribution is 5.56. The van der Waals surface area contributed by atoms with Crippen LogP contribution in [0, 0.1) is 0 Å². The molecule has 134 valence electrons. The number of nitrogens with two attached hydrogens (primary N) is 1. The zero-order valence-corrected chi connectivity index (χ0v) is 14.0. The van der Waals surface area contributed by atoms with Gasteiger partial charge in [-0.2, -0.15) is 4.98 Å². The van der Waals surface area contributed by atoms with E-state index < -0.39 is 6.04 Å². The first-order valence-electron chi connectivity index (χ1n) is 8.41. The molecule has 26 heavy (non-hydrogen) atoms. The summed E-state index contributed by atoms with van der Waals surface area (Å²) in [6, 6.07) is 15.0. The number of para-hydroxylation sites is 2. The van der Waals surface area contributed by atoms with Crippen LogP contribution in [0.5, 0.6) is 11.5 Å². The molecule has 1 unspecified atom stereocenters. The number of rotatable bonds is 5. The molecule has 0 amide bonds. The van der Waals surface area contributed by atoms with Crippen LogP contribution in [0.2, 0.25) is 0 Å². The van der Waals surface area contributed by atoms with Crippen molar-refractivity contribution in [1.29, 1.82) is 0 Å². The summed E-state index contributed by atoms with van der Waals surface area (Å²) < 4.78 is 17.0. The van der Waals surface area contributed by atoms with E-state index in [-0.39, 0.29) is 12.7 Å². The minimum Gasteiger partial charge on any atom is -0.485 e. The predicted octanol–water partition coefficient (Wildman–Crippen LogP) is 2.11. The molecule has 1 aromatic heterocycles. The fourth-order valence-electron chi connectivity index (χ4n) is 2.81. The van der Waals surface area contributed by atoms with E-state index in [4.69, 9.17) is 24.8 Å². The fourth-order valence-corrected chi connectivity index (χ4v) is 2.81. The molecule has 1 aliphatic heterocycles. The van der Waals surface area contributed by atoms with Crippen molar-refractivity contribution in [2.24, 2.45) is 5.73 Å². The summed E-state index contributed by atoms with van der Waals surface area (Å²) in [4.78, 5) is 4.35. The van der Waals surface area contributed by atoms with E-state index in [0.717, 1.165) is 22.6 Å². The number of benzene rings is 2. The van der Waals surface area contributed by atoms with E-state index >= 15 is 0 Å². The standard InChI is InChI=1S/C19H19N3O4/c20-14(10-23)9-18-21-19(22-26-18)13-5-3-4-12(8-13)17-11-24-15-6-1-2-7-16(15)25-17/h1-8,14,17,23H,9-11,20H2/t14-,17?/m0/s1. The second-order valence-corrected chi connectivity index (χ2v) is 6.15. The van der Waals surface area contributed by atoms with Crippen LogP contribution >= 0.6 is 0 Å². The number of hydrogen-bond donors (Lipinski definition) is 2. The second kappa shape index (κ2) is 7.15. The molecule has 3 N–H and O–H groups in total. The Labute approximate surface area is 150 Å². The van der Waals surface area contributed by atoms with Crippen molar-refractivity contribution in [3.63, 3.8) is 0 Å². The van der Waals surface area contributed by atoms with Crippen LogP contribution in [-0.2, 0) is 6.42 Å². The van der Waals surface area contributed by atoms with Crippen molar-refractivity contribution >= 4 is 0 Å². The SMILES string of the molecule is N[C@H](CO)Cc1nc(-c2cccc(C3COc4ccccc4O3)c2)no1. The van der Waals surface area contributed by atoms with Gasteiger partial charge in [0.1, 0.15) is 6.61 Å². The van der Waals surface area contributed by atoms with Crippen LogP contribution < -0.4 is 15.2 Å². The monoisotopic (exact) mass is 353 g/mol. The maximum absolute atomic E-state index is 9.03. The van der Waals surface area contributed by atoms with E-state index in [0.29, 0.717) is 24.7 Å². The summed E-state index contributed by atoms with van der Waals surface area (Å²) in [7, 11) is 0. The maximum atomic E-state index is 9.03. The lowest BCUT2D eigenvalue weighted by Gasteiger charge is -2.26. The highest BCUT2D eigenvalue weighted by Gasteiger charge is 2.23. The number of aliphatic hydroxyl groups excluding tert-OH is 1. The van der Waals surface area contributed by atoms with Crippen LogP contribution in [0.1, 0.15) is 17.6 Å². The smallest absolute Gasteiger partial charge is 0.228 e. The normalized spacial score (nSPS) is 17.1. The third-order valence-electron chi connectivity index (χ3n) is 4.16. The molecule has 0 saturated carbocycles. The third-order valence-corrected chi connectivity index (χ3v) is 4.16. The highest BCUT2D eigenvalue weighted by Crippen LogP contribution is 2.36. The molecule has 0 aliphatic carbocycles. The van der Waals surface area contributed by atoms with Gasteiger partial charge in [0.25, 0.3) is 0 Å². The van der Waals surface area contributed by atoms with Gasteiger partial charge < -0.3 is 24.8 Å². The first-order chi connectivity index (χ1) is 12.7. The molecule has 0 radical (unpaired) electrons. The third kappa shape index (κ3) is 3.40. The summed E-state index contributed by atoms with van der Waals surface area (Å²) in [5.41, 5.74) is 7.49. The predicted molar refractivity (Wildman–Crippen MR) is 93.8 cm³/mol. The van der Waals surface area contributed by atoms with Gasteiger partial charge in [0.2, 0.25) is 11.7 Å². The maximum Gasteiger partial charge on any atom is 0.228 e. The van der Waals surface area contributed by atoms with Crippen LogP contribution in [0.25, 0.3) is 11.4 Å². The van der Waals surface area contributed by atoms with Gasteiger partial charge in [-0.3, -0.25) is 0 Å². The number of aromatic nitrogens is 2. The number of ether oxygens (including phenoxy) is 2. The van der Waals surface area contributed by atoms with E-state index in [1.165, 1.54) is 0 Å². The summed E-state index contributed by atoms with van der Waals surface area (Å²) >= 11 is 0. The van der Waals surface area contributed by atoms with Gasteiger partial charge in [0.15, 0.2) is 17.6 Å². The van der Waals surface area contributed by atoms with Crippen LogP contribution in [-0.4, -0.2) is 34.5 Å². The molecule has 2 heterocycles. The molecular weight excluding hydrogens is 334 g/mol. The van der Waals surface area contributed by atoms with Crippen LogP contribution in [0.15, 0.2) is 53.1 Å². The van der Waals surface area contributed by atoms with Gasteiger partial charge in [0.05, 0.1) is 6.61 Å². The number of aliphatic hydroxyl groups is 1. The number of nitrogens with zero attached hydrogens (tertiary/aromatic N) is 2. The minimum absolute atomic E-state index is 0.131. The lowest BCUT2D eigenvalue weighted by atomic mass is 10.1. The van der Waals surface area contributed by atoms with Crippen molar-refractivity contribution in [1.82, 2.24) is 10.1 Å². The van der Waals surface area contributed by atoms with Crippen molar-refractivity contribution in [2.45, 2.75) is 18.6 Å². The van der Waals surface area contributed by atoms with E-state index in [1.54, 1.807) is 0 Å². The molecule has 4 rings (SSSR count). The van der Waals surface area contributed by atoms with E-state index in [9.17, 15) is 0 Å². The molecule has 1 aliphatic rings.